The molecule has 30 heavy (non-hydrogen) atoms. The van der Waals surface area contributed by atoms with E-state index in [9.17, 15) is 9.59 Å². The van der Waals surface area contributed by atoms with Gasteiger partial charge in [0.05, 0.1) is 6.61 Å². The van der Waals surface area contributed by atoms with Crippen LogP contribution in [-0.4, -0.2) is 35.0 Å². The van der Waals surface area contributed by atoms with E-state index in [1.165, 1.54) is 0 Å². The number of hydrogen-bond donors (Lipinski definition) is 2. The monoisotopic (exact) mass is 427 g/mol. The summed E-state index contributed by atoms with van der Waals surface area (Å²) in [5.74, 6) is 0.00350. The van der Waals surface area contributed by atoms with Gasteiger partial charge in [-0.05, 0) is 48.5 Å². The number of hydrogen-bond acceptors (Lipinski definition) is 4. The summed E-state index contributed by atoms with van der Waals surface area (Å²) < 4.78 is 5.67. The van der Waals surface area contributed by atoms with Gasteiger partial charge in [0, 0.05) is 25.1 Å². The number of carbonyl (C=O) groups is 2. The molecule has 2 aromatic carbocycles. The molecule has 2 amide bonds. The maximum Gasteiger partial charge on any atom is 0.257 e. The fraction of sp³-hybridized carbons (Fsp3) is 0.348. The van der Waals surface area contributed by atoms with E-state index in [1.807, 2.05) is 30.3 Å². The van der Waals surface area contributed by atoms with Gasteiger partial charge in [-0.3, -0.25) is 14.9 Å². The van der Waals surface area contributed by atoms with E-state index in [0.717, 1.165) is 30.6 Å². The Balaban J connectivity index is 1.96. The third-order valence-electron chi connectivity index (χ3n) is 4.49. The molecule has 0 spiro atoms. The van der Waals surface area contributed by atoms with Crippen LogP contribution in [0.15, 0.2) is 54.6 Å². The third-order valence-corrected chi connectivity index (χ3v) is 4.85. The minimum atomic E-state index is -0.420. The molecule has 0 aromatic heterocycles. The molecular weight excluding hydrogens is 398 g/mol. The van der Waals surface area contributed by atoms with Crippen LogP contribution >= 0.6 is 12.2 Å². The number of primary amides is 1. The van der Waals surface area contributed by atoms with Crippen molar-refractivity contribution in [3.05, 3.63) is 65.7 Å². The van der Waals surface area contributed by atoms with Crippen molar-refractivity contribution in [3.8, 4) is 5.75 Å². The molecule has 2 rings (SSSR count). The largest absolute Gasteiger partial charge is 0.494 e. The lowest BCUT2D eigenvalue weighted by Crippen LogP contribution is -2.43. The van der Waals surface area contributed by atoms with Crippen molar-refractivity contribution in [3.63, 3.8) is 0 Å². The van der Waals surface area contributed by atoms with Crippen molar-refractivity contribution in [2.24, 2.45) is 5.73 Å². The fourth-order valence-electron chi connectivity index (χ4n) is 2.79. The quantitative estimate of drug-likeness (QED) is 0.422. The average Bonchev–Trinajstić information content (AvgIpc) is 2.75. The Morgan fingerprint density at radius 1 is 1.07 bits per heavy atom. The highest BCUT2D eigenvalue weighted by molar-refractivity contribution is 7.80. The van der Waals surface area contributed by atoms with Gasteiger partial charge in [0.2, 0.25) is 5.91 Å². The molecular formula is C23H29N3O3S. The van der Waals surface area contributed by atoms with E-state index in [4.69, 9.17) is 22.7 Å². The van der Waals surface area contributed by atoms with Crippen molar-refractivity contribution in [2.45, 2.75) is 39.2 Å². The SMILES string of the molecule is CCCCCOc1ccc(C(=O)NC(=S)N(CCC(N)=O)Cc2ccccc2)cc1. The highest BCUT2D eigenvalue weighted by atomic mass is 32.1. The van der Waals surface area contributed by atoms with Gasteiger partial charge >= 0.3 is 0 Å². The molecule has 0 heterocycles. The van der Waals surface area contributed by atoms with E-state index in [-0.39, 0.29) is 17.4 Å². The molecule has 0 saturated heterocycles. The normalized spacial score (nSPS) is 10.3. The molecule has 0 aliphatic rings. The molecule has 6 nitrogen and oxygen atoms in total. The summed E-state index contributed by atoms with van der Waals surface area (Å²) in [5, 5.41) is 3.00. The third kappa shape index (κ3) is 8.21. The number of nitrogens with one attached hydrogen (secondary N) is 1. The zero-order valence-corrected chi connectivity index (χ0v) is 18.1. The second-order valence-corrected chi connectivity index (χ2v) is 7.35. The number of benzene rings is 2. The van der Waals surface area contributed by atoms with Gasteiger partial charge in [0.25, 0.3) is 5.91 Å². The van der Waals surface area contributed by atoms with Crippen molar-refractivity contribution in [1.29, 1.82) is 0 Å². The van der Waals surface area contributed by atoms with Crippen LogP contribution in [0.4, 0.5) is 0 Å². The number of amides is 2. The summed E-state index contributed by atoms with van der Waals surface area (Å²) in [6.45, 7) is 3.61. The molecule has 0 bridgehead atoms. The molecule has 0 aliphatic carbocycles. The van der Waals surface area contributed by atoms with Crippen molar-refractivity contribution >= 4 is 29.1 Å². The van der Waals surface area contributed by atoms with Crippen molar-refractivity contribution < 1.29 is 14.3 Å². The number of rotatable bonds is 11. The van der Waals surface area contributed by atoms with Crippen LogP contribution in [0.2, 0.25) is 0 Å². The topological polar surface area (TPSA) is 84.7 Å². The first-order valence-corrected chi connectivity index (χ1v) is 10.6. The zero-order chi connectivity index (χ0) is 21.8. The van der Waals surface area contributed by atoms with Crippen LogP contribution in [0.1, 0.15) is 48.5 Å². The molecule has 0 unspecified atom stereocenters. The second kappa shape index (κ2) is 12.6. The number of nitrogens with zero attached hydrogens (tertiary/aromatic N) is 1. The number of unbranched alkanes of at least 4 members (excludes halogenated alkanes) is 2. The van der Waals surface area contributed by atoms with E-state index in [0.29, 0.717) is 25.3 Å². The molecule has 160 valence electrons. The van der Waals surface area contributed by atoms with E-state index in [2.05, 4.69) is 12.2 Å². The molecule has 3 N–H and O–H groups in total. The van der Waals surface area contributed by atoms with Crippen LogP contribution in [-0.2, 0) is 11.3 Å². The standard InChI is InChI=1S/C23H29N3O3S/c1-2-3-7-16-29-20-12-10-19(11-13-20)22(28)25-23(30)26(15-14-21(24)27)17-18-8-5-4-6-9-18/h4-6,8-13H,2-3,7,14-17H2,1H3,(H2,24,27)(H,25,28,30). The summed E-state index contributed by atoms with van der Waals surface area (Å²) in [5.41, 5.74) is 6.78. The maximum atomic E-state index is 12.6. The molecule has 0 fully saturated rings. The summed E-state index contributed by atoms with van der Waals surface area (Å²) in [6.07, 6.45) is 3.43. The Kier molecular flexibility index (Phi) is 9.80. The Hall–Kier alpha value is -2.93. The highest BCUT2D eigenvalue weighted by Gasteiger charge is 2.15. The zero-order valence-electron chi connectivity index (χ0n) is 17.3. The van der Waals surface area contributed by atoms with Crippen molar-refractivity contribution in [2.75, 3.05) is 13.2 Å². The Morgan fingerprint density at radius 2 is 1.77 bits per heavy atom. The Bertz CT molecular complexity index is 825. The smallest absolute Gasteiger partial charge is 0.257 e. The van der Waals surface area contributed by atoms with Crippen LogP contribution in [0.3, 0.4) is 0 Å². The lowest BCUT2D eigenvalue weighted by Gasteiger charge is -2.25. The minimum Gasteiger partial charge on any atom is -0.494 e. The van der Waals surface area contributed by atoms with Gasteiger partial charge in [-0.25, -0.2) is 0 Å². The van der Waals surface area contributed by atoms with Crippen molar-refractivity contribution in [1.82, 2.24) is 10.2 Å². The predicted octanol–water partition coefficient (Wildman–Crippen LogP) is 3.65. The average molecular weight is 428 g/mol. The van der Waals surface area contributed by atoms with E-state index in [1.54, 1.807) is 29.2 Å². The first kappa shape index (κ1) is 23.3. The van der Waals surface area contributed by atoms with Gasteiger partial charge in [-0.2, -0.15) is 0 Å². The van der Waals surface area contributed by atoms with E-state index >= 15 is 0 Å². The molecule has 7 heteroatoms. The number of thiocarbonyl (C=S) groups is 1. The second-order valence-electron chi connectivity index (χ2n) is 6.96. The number of carbonyl (C=O) groups excluding carboxylic acids is 2. The first-order valence-electron chi connectivity index (χ1n) is 10.1. The lowest BCUT2D eigenvalue weighted by atomic mass is 10.2. The molecule has 0 aliphatic heterocycles. The fourth-order valence-corrected chi connectivity index (χ4v) is 3.04. The van der Waals surface area contributed by atoms with Crippen LogP contribution in [0.5, 0.6) is 5.75 Å². The maximum absolute atomic E-state index is 12.6. The molecule has 0 atom stereocenters. The van der Waals surface area contributed by atoms with Gasteiger partial charge in [-0.15, -0.1) is 0 Å². The predicted molar refractivity (Wildman–Crippen MR) is 122 cm³/mol. The number of ether oxygens (including phenoxy) is 1. The summed E-state index contributed by atoms with van der Waals surface area (Å²) in [6, 6.07) is 16.7. The van der Waals surface area contributed by atoms with Gasteiger partial charge in [0.1, 0.15) is 5.75 Å². The lowest BCUT2D eigenvalue weighted by molar-refractivity contribution is -0.118. The van der Waals surface area contributed by atoms with E-state index < -0.39 is 5.91 Å². The summed E-state index contributed by atoms with van der Waals surface area (Å²) in [4.78, 5) is 25.6. The van der Waals surface area contributed by atoms with Gasteiger partial charge < -0.3 is 15.4 Å². The highest BCUT2D eigenvalue weighted by Crippen LogP contribution is 2.13. The summed E-state index contributed by atoms with van der Waals surface area (Å²) >= 11 is 5.43. The van der Waals surface area contributed by atoms with Gasteiger partial charge in [0.15, 0.2) is 5.11 Å². The van der Waals surface area contributed by atoms with Crippen LogP contribution in [0, 0.1) is 0 Å². The summed E-state index contributed by atoms with van der Waals surface area (Å²) in [7, 11) is 0. The molecule has 0 saturated carbocycles. The first-order chi connectivity index (χ1) is 14.5. The molecule has 2 aromatic rings. The Labute approximate surface area is 183 Å². The van der Waals surface area contributed by atoms with Crippen LogP contribution < -0.4 is 15.8 Å². The van der Waals surface area contributed by atoms with Gasteiger partial charge in [-0.1, -0.05) is 50.1 Å². The van der Waals surface area contributed by atoms with Crippen LogP contribution in [0.25, 0.3) is 0 Å². The Morgan fingerprint density at radius 3 is 2.40 bits per heavy atom. The minimum absolute atomic E-state index is 0.146. The molecule has 0 radical (unpaired) electrons. The number of nitrogens with two attached hydrogens (primary N) is 1.